The van der Waals surface area contributed by atoms with Crippen LogP contribution in [0.1, 0.15) is 44.8 Å². The summed E-state index contributed by atoms with van der Waals surface area (Å²) in [5.74, 6) is 1.81. The van der Waals surface area contributed by atoms with Crippen molar-refractivity contribution in [1.29, 1.82) is 0 Å². The van der Waals surface area contributed by atoms with Crippen molar-refractivity contribution in [2.45, 2.75) is 39.2 Å². The highest BCUT2D eigenvalue weighted by Gasteiger charge is 2.20. The Morgan fingerprint density at radius 1 is 1.47 bits per heavy atom. The Balaban J connectivity index is 1.79. The first-order valence-corrected chi connectivity index (χ1v) is 6.61. The van der Waals surface area contributed by atoms with Gasteiger partial charge in [0.1, 0.15) is 5.75 Å². The molecular weight excluding hydrogens is 212 g/mol. The topological polar surface area (TPSA) is 34.1 Å². The predicted molar refractivity (Wildman–Crippen MR) is 69.2 cm³/mol. The normalized spacial score (nSPS) is 16.8. The molecule has 1 aliphatic carbocycles. The SMILES string of the molecule is CCNC(C)c1ccc(OCCC2CC2)cn1. The van der Waals surface area contributed by atoms with Crippen LogP contribution < -0.4 is 10.1 Å². The molecule has 1 aromatic heterocycles. The largest absolute Gasteiger partial charge is 0.492 e. The first kappa shape index (κ1) is 12.4. The molecule has 1 fully saturated rings. The van der Waals surface area contributed by atoms with E-state index >= 15 is 0 Å². The summed E-state index contributed by atoms with van der Waals surface area (Å²) in [5.41, 5.74) is 1.07. The molecule has 3 nitrogen and oxygen atoms in total. The zero-order valence-electron chi connectivity index (χ0n) is 10.8. The Labute approximate surface area is 104 Å². The molecule has 0 saturated heterocycles. The lowest BCUT2D eigenvalue weighted by Crippen LogP contribution is -2.18. The lowest BCUT2D eigenvalue weighted by atomic mass is 10.2. The maximum absolute atomic E-state index is 5.67. The van der Waals surface area contributed by atoms with Gasteiger partial charge in [0.15, 0.2) is 0 Å². The number of aromatic nitrogens is 1. The maximum atomic E-state index is 5.67. The second kappa shape index (κ2) is 6.01. The fraction of sp³-hybridized carbons (Fsp3) is 0.643. The molecule has 0 spiro atoms. The smallest absolute Gasteiger partial charge is 0.137 e. The van der Waals surface area contributed by atoms with Gasteiger partial charge in [-0.2, -0.15) is 0 Å². The third-order valence-electron chi connectivity index (χ3n) is 3.20. The summed E-state index contributed by atoms with van der Waals surface area (Å²) < 4.78 is 5.67. The summed E-state index contributed by atoms with van der Waals surface area (Å²) in [6.07, 6.45) is 5.80. The van der Waals surface area contributed by atoms with Gasteiger partial charge < -0.3 is 10.1 Å². The Bertz CT molecular complexity index is 333. The molecule has 1 unspecified atom stereocenters. The molecule has 1 N–H and O–H groups in total. The van der Waals surface area contributed by atoms with E-state index in [-0.39, 0.29) is 0 Å². The van der Waals surface area contributed by atoms with Gasteiger partial charge in [0.25, 0.3) is 0 Å². The Morgan fingerprint density at radius 2 is 2.29 bits per heavy atom. The molecule has 1 aromatic rings. The van der Waals surface area contributed by atoms with Crippen molar-refractivity contribution in [3.8, 4) is 5.75 Å². The van der Waals surface area contributed by atoms with Gasteiger partial charge in [0.05, 0.1) is 18.5 Å². The van der Waals surface area contributed by atoms with Crippen molar-refractivity contribution < 1.29 is 4.74 Å². The maximum Gasteiger partial charge on any atom is 0.137 e. The minimum Gasteiger partial charge on any atom is -0.492 e. The van der Waals surface area contributed by atoms with E-state index in [9.17, 15) is 0 Å². The number of ether oxygens (including phenoxy) is 1. The zero-order chi connectivity index (χ0) is 12.1. The van der Waals surface area contributed by atoms with Crippen LogP contribution in [-0.2, 0) is 0 Å². The van der Waals surface area contributed by atoms with Gasteiger partial charge in [-0.25, -0.2) is 0 Å². The van der Waals surface area contributed by atoms with Gasteiger partial charge in [-0.05, 0) is 37.9 Å². The molecule has 1 atom stereocenters. The zero-order valence-corrected chi connectivity index (χ0v) is 10.8. The van der Waals surface area contributed by atoms with Crippen molar-refractivity contribution >= 4 is 0 Å². The molecule has 0 radical (unpaired) electrons. The van der Waals surface area contributed by atoms with E-state index < -0.39 is 0 Å². The lowest BCUT2D eigenvalue weighted by molar-refractivity contribution is 0.301. The summed E-state index contributed by atoms with van der Waals surface area (Å²) in [6.45, 7) is 6.02. The van der Waals surface area contributed by atoms with Crippen LogP contribution in [0.25, 0.3) is 0 Å². The monoisotopic (exact) mass is 234 g/mol. The standard InChI is InChI=1S/C14H22N2O/c1-3-15-11(2)14-7-6-13(10-16-14)17-9-8-12-4-5-12/h6-7,10-12,15H,3-5,8-9H2,1-2H3. The summed E-state index contributed by atoms with van der Waals surface area (Å²) in [7, 11) is 0. The van der Waals surface area contributed by atoms with Crippen LogP contribution in [0, 0.1) is 5.92 Å². The highest BCUT2D eigenvalue weighted by molar-refractivity contribution is 5.21. The van der Waals surface area contributed by atoms with E-state index in [1.54, 1.807) is 0 Å². The Kier molecular flexibility index (Phi) is 4.37. The summed E-state index contributed by atoms with van der Waals surface area (Å²) in [6, 6.07) is 4.36. The molecule has 1 heterocycles. The second-order valence-electron chi connectivity index (χ2n) is 4.78. The van der Waals surface area contributed by atoms with Crippen LogP contribution in [0.4, 0.5) is 0 Å². The highest BCUT2D eigenvalue weighted by Crippen LogP contribution is 2.32. The molecule has 1 aliphatic rings. The highest BCUT2D eigenvalue weighted by atomic mass is 16.5. The molecule has 0 aliphatic heterocycles. The summed E-state index contributed by atoms with van der Waals surface area (Å²) >= 11 is 0. The van der Waals surface area contributed by atoms with Crippen LogP contribution in [0.2, 0.25) is 0 Å². The Morgan fingerprint density at radius 3 is 2.88 bits per heavy atom. The van der Waals surface area contributed by atoms with Crippen LogP contribution in [0.5, 0.6) is 5.75 Å². The predicted octanol–water partition coefficient (Wildman–Crippen LogP) is 2.93. The molecule has 0 amide bonds. The number of pyridine rings is 1. The third kappa shape index (κ3) is 4.00. The van der Waals surface area contributed by atoms with Crippen molar-refractivity contribution in [2.75, 3.05) is 13.2 Å². The van der Waals surface area contributed by atoms with Crippen molar-refractivity contribution in [2.24, 2.45) is 5.92 Å². The summed E-state index contributed by atoms with van der Waals surface area (Å²) in [4.78, 5) is 4.42. The molecule has 0 bridgehead atoms. The minimum atomic E-state index is 0.306. The van der Waals surface area contributed by atoms with E-state index in [0.29, 0.717) is 6.04 Å². The minimum absolute atomic E-state index is 0.306. The number of nitrogens with one attached hydrogen (secondary N) is 1. The number of rotatable bonds is 7. The molecule has 3 heteroatoms. The van der Waals surface area contributed by atoms with Crippen molar-refractivity contribution in [1.82, 2.24) is 10.3 Å². The van der Waals surface area contributed by atoms with Gasteiger partial charge >= 0.3 is 0 Å². The van der Waals surface area contributed by atoms with Crippen LogP contribution in [0.15, 0.2) is 18.3 Å². The molecule has 0 aromatic carbocycles. The number of nitrogens with zero attached hydrogens (tertiary/aromatic N) is 1. The van der Waals surface area contributed by atoms with Crippen molar-refractivity contribution in [3.05, 3.63) is 24.0 Å². The van der Waals surface area contributed by atoms with Gasteiger partial charge in [0.2, 0.25) is 0 Å². The molecule has 1 saturated carbocycles. The van der Waals surface area contributed by atoms with Gasteiger partial charge in [-0.15, -0.1) is 0 Å². The van der Waals surface area contributed by atoms with Crippen LogP contribution in [-0.4, -0.2) is 18.1 Å². The molecule has 94 valence electrons. The van der Waals surface area contributed by atoms with Gasteiger partial charge in [0, 0.05) is 6.04 Å². The van der Waals surface area contributed by atoms with E-state index in [2.05, 4.69) is 24.1 Å². The average molecular weight is 234 g/mol. The molecule has 17 heavy (non-hydrogen) atoms. The fourth-order valence-corrected chi connectivity index (χ4v) is 1.89. The van der Waals surface area contributed by atoms with E-state index in [0.717, 1.165) is 30.5 Å². The van der Waals surface area contributed by atoms with Gasteiger partial charge in [-0.3, -0.25) is 4.98 Å². The van der Waals surface area contributed by atoms with Crippen LogP contribution >= 0.6 is 0 Å². The first-order chi connectivity index (χ1) is 8.29. The van der Waals surface area contributed by atoms with Gasteiger partial charge in [-0.1, -0.05) is 19.8 Å². The van der Waals surface area contributed by atoms with Crippen LogP contribution in [0.3, 0.4) is 0 Å². The number of hydrogen-bond acceptors (Lipinski definition) is 3. The quantitative estimate of drug-likeness (QED) is 0.787. The second-order valence-corrected chi connectivity index (χ2v) is 4.78. The van der Waals surface area contributed by atoms with E-state index in [4.69, 9.17) is 4.74 Å². The van der Waals surface area contributed by atoms with E-state index in [1.807, 2.05) is 18.3 Å². The molecular formula is C14H22N2O. The fourth-order valence-electron chi connectivity index (χ4n) is 1.89. The average Bonchev–Trinajstić information content (AvgIpc) is 3.14. The lowest BCUT2D eigenvalue weighted by Gasteiger charge is -2.12. The number of hydrogen-bond donors (Lipinski definition) is 1. The Hall–Kier alpha value is -1.09. The first-order valence-electron chi connectivity index (χ1n) is 6.61. The molecule has 2 rings (SSSR count). The van der Waals surface area contributed by atoms with E-state index in [1.165, 1.54) is 19.3 Å². The summed E-state index contributed by atoms with van der Waals surface area (Å²) in [5, 5.41) is 3.34. The third-order valence-corrected chi connectivity index (χ3v) is 3.20. The van der Waals surface area contributed by atoms with Crippen molar-refractivity contribution in [3.63, 3.8) is 0 Å².